The summed E-state index contributed by atoms with van der Waals surface area (Å²) >= 11 is 5.69. The fraction of sp³-hybridized carbons (Fsp3) is 0.786. The number of alkyl carbamates (subject to hydrolysis) is 1. The average molecular weight is 291 g/mol. The molecular formula is C14H27ClN2O2. The summed E-state index contributed by atoms with van der Waals surface area (Å²) in [6, 6.07) is 0. The van der Waals surface area contributed by atoms with Gasteiger partial charge in [-0.2, -0.15) is 0 Å². The number of amides is 1. The predicted octanol–water partition coefficient (Wildman–Crippen LogP) is 3.13. The van der Waals surface area contributed by atoms with Crippen LogP contribution in [0, 0.1) is 11.8 Å². The molecule has 0 aromatic heterocycles. The van der Waals surface area contributed by atoms with E-state index in [-0.39, 0.29) is 6.09 Å². The molecule has 0 saturated carbocycles. The maximum atomic E-state index is 11.6. The van der Waals surface area contributed by atoms with Crippen LogP contribution in [0.25, 0.3) is 0 Å². The molecule has 19 heavy (non-hydrogen) atoms. The van der Waals surface area contributed by atoms with Crippen LogP contribution >= 0.6 is 11.6 Å². The number of hydrogen-bond donors (Lipinski definition) is 2. The molecule has 0 spiro atoms. The van der Waals surface area contributed by atoms with Crippen molar-refractivity contribution in [2.24, 2.45) is 11.8 Å². The standard InChI is InChI=1S/C14H27ClN2O2/c1-10(2)12(8-16-7-11(3)15)9-17-13(18)19-14(4,5)6/h10,12,16H,3,7-9H2,1-2,4-6H3,(H,17,18). The Morgan fingerprint density at radius 1 is 1.32 bits per heavy atom. The molecule has 0 radical (unpaired) electrons. The summed E-state index contributed by atoms with van der Waals surface area (Å²) in [6.07, 6.45) is -0.375. The smallest absolute Gasteiger partial charge is 0.407 e. The largest absolute Gasteiger partial charge is 0.444 e. The highest BCUT2D eigenvalue weighted by Gasteiger charge is 2.18. The first-order valence-corrected chi connectivity index (χ1v) is 7.00. The lowest BCUT2D eigenvalue weighted by Crippen LogP contribution is -2.39. The Morgan fingerprint density at radius 2 is 1.89 bits per heavy atom. The molecule has 0 saturated heterocycles. The Kier molecular flexibility index (Phi) is 8.11. The molecule has 0 aliphatic carbocycles. The van der Waals surface area contributed by atoms with E-state index in [2.05, 4.69) is 31.1 Å². The van der Waals surface area contributed by atoms with Gasteiger partial charge in [-0.1, -0.05) is 32.0 Å². The average Bonchev–Trinajstić information content (AvgIpc) is 2.19. The molecule has 0 heterocycles. The van der Waals surface area contributed by atoms with Gasteiger partial charge in [0.25, 0.3) is 0 Å². The van der Waals surface area contributed by atoms with Crippen LogP contribution in [0.1, 0.15) is 34.6 Å². The van der Waals surface area contributed by atoms with E-state index in [9.17, 15) is 4.79 Å². The maximum Gasteiger partial charge on any atom is 0.407 e. The van der Waals surface area contributed by atoms with Gasteiger partial charge in [0, 0.05) is 24.7 Å². The zero-order chi connectivity index (χ0) is 15.1. The molecule has 4 nitrogen and oxygen atoms in total. The number of nitrogens with one attached hydrogen (secondary N) is 2. The van der Waals surface area contributed by atoms with Gasteiger partial charge in [-0.25, -0.2) is 4.79 Å². The molecule has 1 amide bonds. The second kappa shape index (κ2) is 8.43. The first-order valence-electron chi connectivity index (χ1n) is 6.62. The van der Waals surface area contributed by atoms with Gasteiger partial charge in [0.05, 0.1) is 0 Å². The van der Waals surface area contributed by atoms with Crippen molar-refractivity contribution in [3.63, 3.8) is 0 Å². The Hall–Kier alpha value is -0.740. The molecular weight excluding hydrogens is 264 g/mol. The number of carbonyl (C=O) groups excluding carboxylic acids is 1. The number of carbonyl (C=O) groups is 1. The second-order valence-corrected chi connectivity index (χ2v) is 6.57. The Bertz CT molecular complexity index is 298. The van der Waals surface area contributed by atoms with Gasteiger partial charge < -0.3 is 15.4 Å². The fourth-order valence-electron chi connectivity index (χ4n) is 1.47. The highest BCUT2D eigenvalue weighted by Crippen LogP contribution is 2.10. The third-order valence-electron chi connectivity index (χ3n) is 2.57. The van der Waals surface area contributed by atoms with Gasteiger partial charge in [-0.15, -0.1) is 0 Å². The van der Waals surface area contributed by atoms with E-state index in [0.29, 0.717) is 30.0 Å². The van der Waals surface area contributed by atoms with Gasteiger partial charge in [-0.05, 0) is 32.6 Å². The van der Waals surface area contributed by atoms with E-state index >= 15 is 0 Å². The van der Waals surface area contributed by atoms with Crippen molar-refractivity contribution in [2.45, 2.75) is 40.2 Å². The van der Waals surface area contributed by atoms with Crippen molar-refractivity contribution in [3.8, 4) is 0 Å². The fourth-order valence-corrected chi connectivity index (χ4v) is 1.56. The molecule has 0 aromatic carbocycles. The van der Waals surface area contributed by atoms with E-state index < -0.39 is 5.60 Å². The first-order chi connectivity index (χ1) is 8.61. The molecule has 2 N–H and O–H groups in total. The SMILES string of the molecule is C=C(Cl)CNCC(CNC(=O)OC(C)(C)C)C(C)C. The maximum absolute atomic E-state index is 11.6. The number of hydrogen-bond acceptors (Lipinski definition) is 3. The summed E-state index contributed by atoms with van der Waals surface area (Å²) in [5.74, 6) is 0.773. The molecule has 112 valence electrons. The van der Waals surface area contributed by atoms with Crippen LogP contribution < -0.4 is 10.6 Å². The van der Waals surface area contributed by atoms with Crippen molar-refractivity contribution >= 4 is 17.7 Å². The minimum Gasteiger partial charge on any atom is -0.444 e. The van der Waals surface area contributed by atoms with Gasteiger partial charge in [-0.3, -0.25) is 0 Å². The molecule has 1 unspecified atom stereocenters. The van der Waals surface area contributed by atoms with Crippen LogP contribution in [0.2, 0.25) is 0 Å². The number of ether oxygens (including phenoxy) is 1. The lowest BCUT2D eigenvalue weighted by atomic mass is 9.96. The van der Waals surface area contributed by atoms with Crippen molar-refractivity contribution in [2.75, 3.05) is 19.6 Å². The summed E-state index contributed by atoms with van der Waals surface area (Å²) in [6.45, 7) is 15.3. The van der Waals surface area contributed by atoms with Crippen LogP contribution in [-0.4, -0.2) is 31.3 Å². The van der Waals surface area contributed by atoms with Gasteiger partial charge in [0.15, 0.2) is 0 Å². The van der Waals surface area contributed by atoms with E-state index in [1.807, 2.05) is 20.8 Å². The predicted molar refractivity (Wildman–Crippen MR) is 80.4 cm³/mol. The van der Waals surface area contributed by atoms with Crippen molar-refractivity contribution in [1.82, 2.24) is 10.6 Å². The molecule has 0 fully saturated rings. The van der Waals surface area contributed by atoms with Crippen molar-refractivity contribution < 1.29 is 9.53 Å². The number of rotatable bonds is 7. The Balaban J connectivity index is 4.07. The molecule has 0 rings (SSSR count). The third-order valence-corrected chi connectivity index (χ3v) is 2.71. The van der Waals surface area contributed by atoms with E-state index in [4.69, 9.17) is 16.3 Å². The van der Waals surface area contributed by atoms with Crippen molar-refractivity contribution in [1.29, 1.82) is 0 Å². The van der Waals surface area contributed by atoms with E-state index in [0.717, 1.165) is 6.54 Å². The minimum absolute atomic E-state index is 0.323. The lowest BCUT2D eigenvalue weighted by Gasteiger charge is -2.24. The number of halogens is 1. The Morgan fingerprint density at radius 3 is 2.32 bits per heavy atom. The van der Waals surface area contributed by atoms with Gasteiger partial charge >= 0.3 is 6.09 Å². The van der Waals surface area contributed by atoms with Crippen LogP contribution in [0.15, 0.2) is 11.6 Å². The van der Waals surface area contributed by atoms with Crippen LogP contribution in [-0.2, 0) is 4.74 Å². The monoisotopic (exact) mass is 290 g/mol. The molecule has 1 atom stereocenters. The highest BCUT2D eigenvalue weighted by atomic mass is 35.5. The summed E-state index contributed by atoms with van der Waals surface area (Å²) in [5.41, 5.74) is -0.466. The molecule has 5 heteroatoms. The van der Waals surface area contributed by atoms with Gasteiger partial charge in [0.2, 0.25) is 0 Å². The molecule has 0 aliphatic rings. The molecule has 0 aliphatic heterocycles. The molecule has 0 bridgehead atoms. The van der Waals surface area contributed by atoms with Crippen LogP contribution in [0.3, 0.4) is 0 Å². The zero-order valence-corrected chi connectivity index (χ0v) is 13.4. The van der Waals surface area contributed by atoms with Crippen LogP contribution in [0.5, 0.6) is 0 Å². The Labute approximate surface area is 121 Å². The molecule has 0 aromatic rings. The zero-order valence-electron chi connectivity index (χ0n) is 12.7. The van der Waals surface area contributed by atoms with Crippen molar-refractivity contribution in [3.05, 3.63) is 11.6 Å². The minimum atomic E-state index is -0.466. The first kappa shape index (κ1) is 18.3. The second-order valence-electron chi connectivity index (χ2n) is 6.04. The normalized spacial score (nSPS) is 13.2. The van der Waals surface area contributed by atoms with E-state index in [1.54, 1.807) is 0 Å². The topological polar surface area (TPSA) is 50.4 Å². The summed E-state index contributed by atoms with van der Waals surface area (Å²) in [5, 5.41) is 6.60. The quantitative estimate of drug-likeness (QED) is 0.757. The van der Waals surface area contributed by atoms with Crippen LogP contribution in [0.4, 0.5) is 4.79 Å². The lowest BCUT2D eigenvalue weighted by molar-refractivity contribution is 0.0515. The summed E-state index contributed by atoms with van der Waals surface area (Å²) < 4.78 is 5.20. The summed E-state index contributed by atoms with van der Waals surface area (Å²) in [4.78, 5) is 11.6. The summed E-state index contributed by atoms with van der Waals surface area (Å²) in [7, 11) is 0. The highest BCUT2D eigenvalue weighted by molar-refractivity contribution is 6.29. The van der Waals surface area contributed by atoms with Gasteiger partial charge in [0.1, 0.15) is 5.60 Å². The third kappa shape index (κ3) is 10.8. The van der Waals surface area contributed by atoms with E-state index in [1.165, 1.54) is 0 Å².